The molecule has 0 saturated carbocycles. The topological polar surface area (TPSA) is 56.2 Å². The molecule has 8 heteroatoms. The Morgan fingerprint density at radius 1 is 1.17 bits per heavy atom. The van der Waals surface area contributed by atoms with E-state index in [-0.39, 0.29) is 17.2 Å². The van der Waals surface area contributed by atoms with Crippen LogP contribution < -0.4 is 10.1 Å². The number of fused-ring (bicyclic) bond motifs is 1. The number of nitrogens with zero attached hydrogens (tertiary/aromatic N) is 2. The van der Waals surface area contributed by atoms with Gasteiger partial charge in [0.15, 0.2) is 0 Å². The Kier molecular flexibility index (Phi) is 6.21. The summed E-state index contributed by atoms with van der Waals surface area (Å²) in [5, 5.41) is 2.73. The van der Waals surface area contributed by atoms with Crippen LogP contribution in [0.3, 0.4) is 0 Å². The number of nitrogens with one attached hydrogen (secondary N) is 1. The summed E-state index contributed by atoms with van der Waals surface area (Å²) >= 11 is 0. The van der Waals surface area contributed by atoms with Crippen molar-refractivity contribution in [2.45, 2.75) is 26.3 Å². The van der Waals surface area contributed by atoms with Gasteiger partial charge in [0.05, 0.1) is 11.0 Å². The first kappa shape index (κ1) is 20.4. The second-order valence-corrected chi connectivity index (χ2v) is 6.36. The van der Waals surface area contributed by atoms with Crippen molar-refractivity contribution < 1.29 is 22.7 Å². The summed E-state index contributed by atoms with van der Waals surface area (Å²) in [7, 11) is 0. The zero-order chi connectivity index (χ0) is 20.9. The summed E-state index contributed by atoms with van der Waals surface area (Å²) < 4.78 is 43.4. The average molecular weight is 403 g/mol. The van der Waals surface area contributed by atoms with Crippen molar-refractivity contribution >= 4 is 23.0 Å². The zero-order valence-electron chi connectivity index (χ0n) is 15.7. The molecule has 0 fully saturated rings. The van der Waals surface area contributed by atoms with E-state index in [1.165, 1.54) is 30.4 Å². The van der Waals surface area contributed by atoms with Crippen molar-refractivity contribution in [1.29, 1.82) is 0 Å². The minimum Gasteiger partial charge on any atom is -0.405 e. The lowest BCUT2D eigenvalue weighted by molar-refractivity contribution is -0.274. The monoisotopic (exact) mass is 403 g/mol. The van der Waals surface area contributed by atoms with Crippen molar-refractivity contribution in [3.63, 3.8) is 0 Å². The maximum atomic E-state index is 12.4. The highest BCUT2D eigenvalue weighted by Crippen LogP contribution is 2.26. The molecular weight excluding hydrogens is 383 g/mol. The Morgan fingerprint density at radius 2 is 1.90 bits per heavy atom. The van der Waals surface area contributed by atoms with Crippen LogP contribution in [-0.4, -0.2) is 28.4 Å². The summed E-state index contributed by atoms with van der Waals surface area (Å²) in [6.45, 7) is 3.05. The second-order valence-electron chi connectivity index (χ2n) is 6.36. The van der Waals surface area contributed by atoms with E-state index in [1.54, 1.807) is 6.07 Å². The lowest BCUT2D eigenvalue weighted by atomic mass is 10.2. The van der Waals surface area contributed by atoms with Gasteiger partial charge >= 0.3 is 6.36 Å². The molecule has 152 valence electrons. The van der Waals surface area contributed by atoms with Crippen LogP contribution in [0.5, 0.6) is 5.75 Å². The van der Waals surface area contributed by atoms with Crippen LogP contribution in [-0.2, 0) is 11.3 Å². The smallest absolute Gasteiger partial charge is 0.405 e. The highest BCUT2D eigenvalue weighted by molar-refractivity contribution is 5.92. The Labute approximate surface area is 165 Å². The Bertz CT molecular complexity index is 1030. The minimum atomic E-state index is -4.79. The van der Waals surface area contributed by atoms with Crippen molar-refractivity contribution in [1.82, 2.24) is 14.9 Å². The highest BCUT2D eigenvalue weighted by atomic mass is 19.4. The number of imidazole rings is 1. The van der Waals surface area contributed by atoms with E-state index >= 15 is 0 Å². The van der Waals surface area contributed by atoms with Crippen LogP contribution in [0, 0.1) is 6.92 Å². The number of carbonyl (C=O) groups is 1. The van der Waals surface area contributed by atoms with Crippen molar-refractivity contribution in [3.05, 3.63) is 66.0 Å². The standard InChI is InChI=1S/C21H20F3N3O2/c1-15-26-17-8-3-4-9-18(17)27(15)14-6-13-25-20(28)12-11-16-7-2-5-10-19(16)29-21(22,23)24/h2-5,7-12H,6,13-14H2,1H3,(H,25,28). The van der Waals surface area contributed by atoms with Crippen LogP contribution in [0.15, 0.2) is 54.6 Å². The van der Waals surface area contributed by atoms with Crippen LogP contribution in [0.2, 0.25) is 0 Å². The van der Waals surface area contributed by atoms with E-state index in [2.05, 4.69) is 19.6 Å². The van der Waals surface area contributed by atoms with Gasteiger partial charge in [-0.3, -0.25) is 4.79 Å². The zero-order valence-corrected chi connectivity index (χ0v) is 15.7. The van der Waals surface area contributed by atoms with E-state index < -0.39 is 6.36 Å². The molecule has 5 nitrogen and oxygen atoms in total. The summed E-state index contributed by atoms with van der Waals surface area (Å²) in [5.74, 6) is 0.157. The molecular formula is C21H20F3N3O2. The Balaban J connectivity index is 1.52. The number of benzene rings is 2. The number of hydrogen-bond donors (Lipinski definition) is 1. The number of aryl methyl sites for hydroxylation is 2. The summed E-state index contributed by atoms with van der Waals surface area (Å²) in [6.07, 6.45) is -1.61. The first-order chi connectivity index (χ1) is 13.8. The molecule has 0 aliphatic heterocycles. The quantitative estimate of drug-likeness (QED) is 0.468. The van der Waals surface area contributed by atoms with Gasteiger partial charge in [-0.15, -0.1) is 13.2 Å². The maximum Gasteiger partial charge on any atom is 0.573 e. The van der Waals surface area contributed by atoms with Gasteiger partial charge in [-0.1, -0.05) is 30.3 Å². The molecule has 1 aromatic heterocycles. The number of para-hydroxylation sites is 3. The molecule has 2 aromatic carbocycles. The molecule has 0 radical (unpaired) electrons. The SMILES string of the molecule is Cc1nc2ccccc2n1CCCNC(=O)C=Cc1ccccc1OC(F)(F)F. The Morgan fingerprint density at radius 3 is 2.69 bits per heavy atom. The van der Waals surface area contributed by atoms with Crippen LogP contribution in [0.4, 0.5) is 13.2 Å². The number of aromatic nitrogens is 2. The van der Waals surface area contributed by atoms with Crippen molar-refractivity contribution in [2.24, 2.45) is 0 Å². The fraction of sp³-hybridized carbons (Fsp3) is 0.238. The number of amides is 1. The predicted octanol–water partition coefficient (Wildman–Crippen LogP) is 4.46. The van der Waals surface area contributed by atoms with Crippen LogP contribution in [0.1, 0.15) is 17.8 Å². The average Bonchev–Trinajstić information content (AvgIpc) is 2.98. The summed E-state index contributed by atoms with van der Waals surface area (Å²) in [4.78, 5) is 16.5. The number of ether oxygens (including phenoxy) is 1. The van der Waals surface area contributed by atoms with Gasteiger partial charge in [0.25, 0.3) is 0 Å². The molecule has 0 bridgehead atoms. The molecule has 3 rings (SSSR count). The number of alkyl halides is 3. The molecule has 3 aromatic rings. The van der Waals surface area contributed by atoms with Gasteiger partial charge in [0.1, 0.15) is 11.6 Å². The third-order valence-electron chi connectivity index (χ3n) is 4.26. The van der Waals surface area contributed by atoms with Crippen LogP contribution >= 0.6 is 0 Å². The number of halogens is 3. The van der Waals surface area contributed by atoms with Gasteiger partial charge < -0.3 is 14.6 Å². The van der Waals surface area contributed by atoms with E-state index in [0.29, 0.717) is 19.5 Å². The van der Waals surface area contributed by atoms with Gasteiger partial charge in [-0.25, -0.2) is 4.98 Å². The molecule has 0 atom stereocenters. The van der Waals surface area contributed by atoms with E-state index in [1.807, 2.05) is 31.2 Å². The summed E-state index contributed by atoms with van der Waals surface area (Å²) in [6, 6.07) is 13.5. The minimum absolute atomic E-state index is 0.167. The van der Waals surface area contributed by atoms with Gasteiger partial charge in [0, 0.05) is 24.7 Å². The van der Waals surface area contributed by atoms with Crippen LogP contribution in [0.25, 0.3) is 17.1 Å². The third kappa shape index (κ3) is 5.60. The van der Waals surface area contributed by atoms with Gasteiger partial charge in [0.2, 0.25) is 5.91 Å². The lowest BCUT2D eigenvalue weighted by Crippen LogP contribution is -2.23. The van der Waals surface area contributed by atoms with Gasteiger partial charge in [-0.2, -0.15) is 0 Å². The highest BCUT2D eigenvalue weighted by Gasteiger charge is 2.31. The molecule has 0 unspecified atom stereocenters. The predicted molar refractivity (Wildman–Crippen MR) is 104 cm³/mol. The molecule has 1 heterocycles. The fourth-order valence-electron chi connectivity index (χ4n) is 2.99. The number of rotatable bonds is 7. The third-order valence-corrected chi connectivity index (χ3v) is 4.26. The molecule has 0 saturated heterocycles. The first-order valence-corrected chi connectivity index (χ1v) is 9.06. The normalized spacial score (nSPS) is 11.9. The molecule has 0 aliphatic rings. The van der Waals surface area contributed by atoms with Gasteiger partial charge in [-0.05, 0) is 37.6 Å². The molecule has 0 aliphatic carbocycles. The second kappa shape index (κ2) is 8.81. The van der Waals surface area contributed by atoms with Crippen molar-refractivity contribution in [2.75, 3.05) is 6.54 Å². The molecule has 1 N–H and O–H groups in total. The largest absolute Gasteiger partial charge is 0.573 e. The Hall–Kier alpha value is -3.29. The first-order valence-electron chi connectivity index (χ1n) is 9.06. The van der Waals surface area contributed by atoms with Crippen molar-refractivity contribution in [3.8, 4) is 5.75 Å². The molecule has 1 amide bonds. The van der Waals surface area contributed by atoms with E-state index in [4.69, 9.17) is 0 Å². The number of hydrogen-bond acceptors (Lipinski definition) is 3. The maximum absolute atomic E-state index is 12.4. The number of carbonyl (C=O) groups excluding carboxylic acids is 1. The lowest BCUT2D eigenvalue weighted by Gasteiger charge is -2.11. The van der Waals surface area contributed by atoms with E-state index in [0.717, 1.165) is 16.9 Å². The fourth-order valence-corrected chi connectivity index (χ4v) is 2.99. The van der Waals surface area contributed by atoms with E-state index in [9.17, 15) is 18.0 Å². The molecule has 0 spiro atoms. The molecule has 29 heavy (non-hydrogen) atoms. The summed E-state index contributed by atoms with van der Waals surface area (Å²) in [5.41, 5.74) is 2.13.